The van der Waals surface area contributed by atoms with Crippen molar-refractivity contribution in [3.05, 3.63) is 29.8 Å². The van der Waals surface area contributed by atoms with E-state index in [9.17, 15) is 9.59 Å². The Balaban J connectivity index is 1.94. The fourth-order valence-electron chi connectivity index (χ4n) is 3.07. The lowest BCUT2D eigenvalue weighted by Crippen LogP contribution is -2.36. The minimum Gasteiger partial charge on any atom is -0.493 e. The highest BCUT2D eigenvalue weighted by Crippen LogP contribution is 2.28. The lowest BCUT2D eigenvalue weighted by molar-refractivity contribution is -0.145. The van der Waals surface area contributed by atoms with Gasteiger partial charge in [-0.3, -0.25) is 4.79 Å². The van der Waals surface area contributed by atoms with Crippen molar-refractivity contribution in [2.45, 2.75) is 45.6 Å². The maximum atomic E-state index is 12.1. The number of amides is 1. The van der Waals surface area contributed by atoms with E-state index in [2.05, 4.69) is 12.2 Å². The monoisotopic (exact) mass is 375 g/mol. The fraction of sp³-hybridized carbons (Fsp3) is 0.524. The van der Waals surface area contributed by atoms with Crippen molar-refractivity contribution in [2.24, 2.45) is 5.92 Å². The molecular formula is C21H29NO5. The Morgan fingerprint density at radius 1 is 1.19 bits per heavy atom. The molecule has 148 valence electrons. The summed E-state index contributed by atoms with van der Waals surface area (Å²) in [7, 11) is 1.53. The predicted octanol–water partition coefficient (Wildman–Crippen LogP) is 3.35. The van der Waals surface area contributed by atoms with E-state index in [-0.39, 0.29) is 18.6 Å². The number of esters is 1. The van der Waals surface area contributed by atoms with E-state index in [1.54, 1.807) is 25.1 Å². The molecule has 6 nitrogen and oxygen atoms in total. The SMILES string of the molecule is CCOC(=O)COc1cc(/C=C/C(=O)N[C@H]2CC[C@H](C)CC2)ccc1OC. The third-order valence-corrected chi connectivity index (χ3v) is 4.63. The Labute approximate surface area is 160 Å². The van der Waals surface area contributed by atoms with E-state index in [0.29, 0.717) is 18.1 Å². The fourth-order valence-corrected chi connectivity index (χ4v) is 3.07. The first-order valence-electron chi connectivity index (χ1n) is 9.46. The molecule has 0 spiro atoms. The number of hydrogen-bond acceptors (Lipinski definition) is 5. The van der Waals surface area contributed by atoms with E-state index in [4.69, 9.17) is 14.2 Å². The molecule has 0 heterocycles. The number of methoxy groups -OCH3 is 1. The van der Waals surface area contributed by atoms with Crippen molar-refractivity contribution >= 4 is 18.0 Å². The van der Waals surface area contributed by atoms with Crippen molar-refractivity contribution in [1.29, 1.82) is 0 Å². The molecule has 1 N–H and O–H groups in total. The minimum atomic E-state index is -0.443. The van der Waals surface area contributed by atoms with Gasteiger partial charge in [0.15, 0.2) is 18.1 Å². The highest BCUT2D eigenvalue weighted by molar-refractivity contribution is 5.92. The van der Waals surface area contributed by atoms with E-state index >= 15 is 0 Å². The van der Waals surface area contributed by atoms with Gasteiger partial charge in [-0.2, -0.15) is 0 Å². The van der Waals surface area contributed by atoms with E-state index in [0.717, 1.165) is 37.2 Å². The molecule has 1 aromatic carbocycles. The van der Waals surface area contributed by atoms with Crippen LogP contribution in [-0.2, 0) is 14.3 Å². The molecule has 1 saturated carbocycles. The quantitative estimate of drug-likeness (QED) is 0.557. The average molecular weight is 375 g/mol. The number of nitrogens with one attached hydrogen (secondary N) is 1. The van der Waals surface area contributed by atoms with Crippen molar-refractivity contribution in [2.75, 3.05) is 20.3 Å². The number of carbonyl (C=O) groups is 2. The Morgan fingerprint density at radius 2 is 1.93 bits per heavy atom. The molecule has 0 aliphatic heterocycles. The molecule has 1 amide bonds. The van der Waals surface area contributed by atoms with Crippen LogP contribution < -0.4 is 14.8 Å². The van der Waals surface area contributed by atoms with Crippen LogP contribution in [0.5, 0.6) is 11.5 Å². The summed E-state index contributed by atoms with van der Waals surface area (Å²) >= 11 is 0. The molecule has 0 atom stereocenters. The molecule has 1 aliphatic rings. The zero-order valence-corrected chi connectivity index (χ0v) is 16.3. The lowest BCUT2D eigenvalue weighted by Gasteiger charge is -2.26. The van der Waals surface area contributed by atoms with Crippen molar-refractivity contribution in [3.8, 4) is 11.5 Å². The Kier molecular flexibility index (Phi) is 8.17. The number of ether oxygens (including phenoxy) is 3. The summed E-state index contributed by atoms with van der Waals surface area (Å²) < 4.78 is 15.6. The standard InChI is InChI=1S/C21H29NO5/c1-4-26-21(24)14-27-19-13-16(7-11-18(19)25-3)8-12-20(23)22-17-9-5-15(2)6-10-17/h7-8,11-13,15,17H,4-6,9-10,14H2,1-3H3,(H,22,23)/b12-8+/t15-,17-. The summed E-state index contributed by atoms with van der Waals surface area (Å²) in [4.78, 5) is 23.6. The van der Waals surface area contributed by atoms with Gasteiger partial charge in [0.2, 0.25) is 5.91 Å². The van der Waals surface area contributed by atoms with Crippen LogP contribution in [0.2, 0.25) is 0 Å². The van der Waals surface area contributed by atoms with Crippen molar-refractivity contribution in [3.63, 3.8) is 0 Å². The van der Waals surface area contributed by atoms with Crippen LogP contribution in [-0.4, -0.2) is 38.2 Å². The summed E-state index contributed by atoms with van der Waals surface area (Å²) in [6.07, 6.45) is 7.64. The summed E-state index contributed by atoms with van der Waals surface area (Å²) in [6.45, 7) is 4.10. The predicted molar refractivity (Wildman–Crippen MR) is 104 cm³/mol. The van der Waals surface area contributed by atoms with Gasteiger partial charge in [-0.15, -0.1) is 0 Å². The van der Waals surface area contributed by atoms with Crippen LogP contribution in [0.15, 0.2) is 24.3 Å². The maximum Gasteiger partial charge on any atom is 0.344 e. The molecule has 1 aliphatic carbocycles. The molecule has 2 rings (SSSR count). The van der Waals surface area contributed by atoms with E-state index in [1.807, 2.05) is 6.07 Å². The number of hydrogen-bond donors (Lipinski definition) is 1. The third-order valence-electron chi connectivity index (χ3n) is 4.63. The molecule has 0 radical (unpaired) electrons. The Hall–Kier alpha value is -2.50. The summed E-state index contributed by atoms with van der Waals surface area (Å²) in [6, 6.07) is 5.55. The van der Waals surface area contributed by atoms with Crippen LogP contribution >= 0.6 is 0 Å². The molecule has 1 aromatic rings. The van der Waals surface area contributed by atoms with Gasteiger partial charge in [-0.25, -0.2) is 4.79 Å². The van der Waals surface area contributed by atoms with Gasteiger partial charge in [0, 0.05) is 12.1 Å². The van der Waals surface area contributed by atoms with Crippen molar-refractivity contribution < 1.29 is 23.8 Å². The zero-order valence-electron chi connectivity index (χ0n) is 16.3. The molecule has 1 fully saturated rings. The van der Waals surface area contributed by atoms with E-state index in [1.165, 1.54) is 13.2 Å². The smallest absolute Gasteiger partial charge is 0.344 e. The van der Waals surface area contributed by atoms with Crippen LogP contribution in [0, 0.1) is 5.92 Å². The minimum absolute atomic E-state index is 0.0978. The number of rotatable bonds is 8. The second-order valence-electron chi connectivity index (χ2n) is 6.80. The van der Waals surface area contributed by atoms with Gasteiger partial charge in [0.05, 0.1) is 13.7 Å². The Bertz CT molecular complexity index is 663. The van der Waals surface area contributed by atoms with Gasteiger partial charge in [0.1, 0.15) is 0 Å². The molecule has 6 heteroatoms. The topological polar surface area (TPSA) is 73.9 Å². The maximum absolute atomic E-state index is 12.1. The Morgan fingerprint density at radius 3 is 2.59 bits per heavy atom. The first-order chi connectivity index (χ1) is 13.0. The summed E-state index contributed by atoms with van der Waals surface area (Å²) in [5.74, 6) is 1.15. The van der Waals surface area contributed by atoms with Gasteiger partial charge in [-0.1, -0.05) is 13.0 Å². The first-order valence-corrected chi connectivity index (χ1v) is 9.46. The second-order valence-corrected chi connectivity index (χ2v) is 6.80. The molecule has 0 saturated heterocycles. The largest absolute Gasteiger partial charge is 0.493 e. The van der Waals surface area contributed by atoms with Crippen LogP contribution in [0.3, 0.4) is 0 Å². The highest BCUT2D eigenvalue weighted by Gasteiger charge is 2.18. The molecule has 0 bridgehead atoms. The number of benzene rings is 1. The second kappa shape index (κ2) is 10.6. The number of carbonyl (C=O) groups excluding carboxylic acids is 2. The van der Waals surface area contributed by atoms with Gasteiger partial charge < -0.3 is 19.5 Å². The molecular weight excluding hydrogens is 346 g/mol. The zero-order chi connectivity index (χ0) is 19.6. The van der Waals surface area contributed by atoms with Crippen LogP contribution in [0.1, 0.15) is 45.1 Å². The van der Waals surface area contributed by atoms with Crippen LogP contribution in [0.4, 0.5) is 0 Å². The normalized spacial score (nSPS) is 19.5. The van der Waals surface area contributed by atoms with Crippen LogP contribution in [0.25, 0.3) is 6.08 Å². The third kappa shape index (κ3) is 6.96. The highest BCUT2D eigenvalue weighted by atomic mass is 16.6. The summed E-state index contributed by atoms with van der Waals surface area (Å²) in [5, 5.41) is 3.06. The summed E-state index contributed by atoms with van der Waals surface area (Å²) in [5.41, 5.74) is 0.780. The lowest BCUT2D eigenvalue weighted by atomic mass is 9.87. The van der Waals surface area contributed by atoms with Gasteiger partial charge in [-0.05, 0) is 62.3 Å². The van der Waals surface area contributed by atoms with E-state index < -0.39 is 5.97 Å². The average Bonchev–Trinajstić information content (AvgIpc) is 2.67. The first kappa shape index (κ1) is 20.8. The molecule has 0 aromatic heterocycles. The van der Waals surface area contributed by atoms with Gasteiger partial charge >= 0.3 is 5.97 Å². The molecule has 27 heavy (non-hydrogen) atoms. The van der Waals surface area contributed by atoms with Crippen molar-refractivity contribution in [1.82, 2.24) is 5.32 Å². The molecule has 0 unspecified atom stereocenters. The van der Waals surface area contributed by atoms with Gasteiger partial charge in [0.25, 0.3) is 0 Å².